The third-order valence-corrected chi connectivity index (χ3v) is 6.00. The van der Waals surface area contributed by atoms with Gasteiger partial charge < -0.3 is 4.74 Å². The van der Waals surface area contributed by atoms with Crippen LogP contribution in [0, 0.1) is 17.8 Å². The lowest BCUT2D eigenvalue weighted by Crippen LogP contribution is -2.30. The Morgan fingerprint density at radius 2 is 1.62 bits per heavy atom. The minimum Gasteiger partial charge on any atom is -0.406 e. The molecule has 1 nitrogen and oxygen atoms in total. The predicted octanol–water partition coefficient (Wildman–Crippen LogP) is 6.69. The van der Waals surface area contributed by atoms with Crippen LogP contribution in [0.2, 0.25) is 0 Å². The Hall–Kier alpha value is -1.19. The highest BCUT2D eigenvalue weighted by Crippen LogP contribution is 2.48. The van der Waals surface area contributed by atoms with Gasteiger partial charge in [-0.2, -0.15) is 0 Å². The Balaban J connectivity index is 1.58. The minimum absolute atomic E-state index is 0.125. The largest absolute Gasteiger partial charge is 0.573 e. The Labute approximate surface area is 142 Å². The first-order valence-corrected chi connectivity index (χ1v) is 9.30. The van der Waals surface area contributed by atoms with Gasteiger partial charge in [0.1, 0.15) is 5.75 Å². The molecule has 1 aromatic rings. The van der Waals surface area contributed by atoms with E-state index < -0.39 is 6.36 Å². The first-order chi connectivity index (χ1) is 11.4. The van der Waals surface area contributed by atoms with E-state index in [1.807, 2.05) is 12.1 Å². The average Bonchev–Trinajstić information content (AvgIpc) is 2.54. The Morgan fingerprint density at radius 1 is 0.958 bits per heavy atom. The molecule has 3 rings (SSSR count). The highest BCUT2D eigenvalue weighted by atomic mass is 19.4. The zero-order valence-corrected chi connectivity index (χ0v) is 14.3. The van der Waals surface area contributed by atoms with E-state index >= 15 is 0 Å². The van der Waals surface area contributed by atoms with E-state index in [-0.39, 0.29) is 5.75 Å². The van der Waals surface area contributed by atoms with Crippen LogP contribution in [-0.4, -0.2) is 6.36 Å². The Bertz CT molecular complexity index is 523. The number of hydrogen-bond donors (Lipinski definition) is 0. The van der Waals surface area contributed by atoms with Gasteiger partial charge in [-0.05, 0) is 73.5 Å². The number of benzene rings is 1. The summed E-state index contributed by atoms with van der Waals surface area (Å²) in [5.41, 5.74) is 1.17. The molecule has 0 aliphatic heterocycles. The number of rotatable bonds is 4. The molecule has 0 amide bonds. The van der Waals surface area contributed by atoms with Gasteiger partial charge in [-0.15, -0.1) is 13.2 Å². The van der Waals surface area contributed by atoms with Crippen molar-refractivity contribution in [2.45, 2.75) is 70.6 Å². The number of fused-ring (bicyclic) bond motifs is 1. The summed E-state index contributed by atoms with van der Waals surface area (Å²) in [6.07, 6.45) is 5.77. The first kappa shape index (κ1) is 17.6. The third-order valence-electron chi connectivity index (χ3n) is 6.00. The van der Waals surface area contributed by atoms with Gasteiger partial charge in [0.2, 0.25) is 0 Å². The molecule has 2 fully saturated rings. The predicted molar refractivity (Wildman–Crippen MR) is 88.9 cm³/mol. The molecule has 2 unspecified atom stereocenters. The molecule has 24 heavy (non-hydrogen) atoms. The number of halogens is 3. The summed E-state index contributed by atoms with van der Waals surface area (Å²) in [6, 6.07) is 6.53. The molecule has 0 radical (unpaired) electrons. The van der Waals surface area contributed by atoms with Crippen LogP contribution in [0.3, 0.4) is 0 Å². The molecular formula is C20H27F3O. The van der Waals surface area contributed by atoms with E-state index in [4.69, 9.17) is 0 Å². The van der Waals surface area contributed by atoms with Crippen LogP contribution in [-0.2, 0) is 0 Å². The summed E-state index contributed by atoms with van der Waals surface area (Å²) in [4.78, 5) is 0. The van der Waals surface area contributed by atoms with Crippen molar-refractivity contribution in [1.29, 1.82) is 0 Å². The monoisotopic (exact) mass is 340 g/mol. The SMILES string of the molecule is CCCC1CC[C@@H]2C[C@H](c3ccc(OC(F)(F)F)cc3)CCC2C1. The van der Waals surface area contributed by atoms with Crippen LogP contribution in [0.4, 0.5) is 13.2 Å². The van der Waals surface area contributed by atoms with Crippen LogP contribution < -0.4 is 4.74 Å². The van der Waals surface area contributed by atoms with E-state index in [1.54, 1.807) is 0 Å². The van der Waals surface area contributed by atoms with Crippen LogP contribution >= 0.6 is 0 Å². The maximum atomic E-state index is 12.2. The van der Waals surface area contributed by atoms with Crippen LogP contribution in [0.5, 0.6) is 5.75 Å². The third kappa shape index (κ3) is 4.46. The van der Waals surface area contributed by atoms with Crippen molar-refractivity contribution in [3.8, 4) is 5.75 Å². The molecule has 0 spiro atoms. The van der Waals surface area contributed by atoms with Crippen molar-refractivity contribution in [2.24, 2.45) is 17.8 Å². The second-order valence-corrected chi connectivity index (χ2v) is 7.61. The standard InChI is InChI=1S/C20H27F3O/c1-2-3-14-4-5-18-13-17(7-6-16(18)12-14)15-8-10-19(11-9-15)24-20(21,22)23/h8-11,14,16-18H,2-7,12-13H2,1H3/t14?,16?,17-,18-/m1/s1. The normalized spacial score (nSPS) is 30.7. The van der Waals surface area contributed by atoms with Crippen molar-refractivity contribution in [2.75, 3.05) is 0 Å². The van der Waals surface area contributed by atoms with Crippen molar-refractivity contribution in [3.63, 3.8) is 0 Å². The van der Waals surface area contributed by atoms with Gasteiger partial charge >= 0.3 is 6.36 Å². The maximum Gasteiger partial charge on any atom is 0.573 e. The molecule has 0 saturated heterocycles. The van der Waals surface area contributed by atoms with Crippen molar-refractivity contribution in [1.82, 2.24) is 0 Å². The Kier molecular flexibility index (Phi) is 5.41. The molecule has 0 bridgehead atoms. The molecular weight excluding hydrogens is 313 g/mol. The summed E-state index contributed by atoms with van der Waals surface area (Å²) in [6.45, 7) is 2.27. The van der Waals surface area contributed by atoms with E-state index in [1.165, 1.54) is 69.1 Å². The average molecular weight is 340 g/mol. The van der Waals surface area contributed by atoms with E-state index in [9.17, 15) is 13.2 Å². The highest BCUT2D eigenvalue weighted by molar-refractivity contribution is 5.30. The van der Waals surface area contributed by atoms with Crippen molar-refractivity contribution in [3.05, 3.63) is 29.8 Å². The molecule has 0 N–H and O–H groups in total. The molecule has 2 aliphatic carbocycles. The van der Waals surface area contributed by atoms with Crippen molar-refractivity contribution < 1.29 is 17.9 Å². The lowest BCUT2D eigenvalue weighted by Gasteiger charge is -2.42. The smallest absolute Gasteiger partial charge is 0.406 e. The zero-order valence-electron chi connectivity index (χ0n) is 14.3. The quantitative estimate of drug-likeness (QED) is 0.593. The fourth-order valence-electron chi connectivity index (χ4n) is 4.90. The number of alkyl halides is 3. The van der Waals surface area contributed by atoms with Crippen LogP contribution in [0.1, 0.15) is 69.8 Å². The van der Waals surface area contributed by atoms with Crippen molar-refractivity contribution >= 4 is 0 Å². The van der Waals surface area contributed by atoms with E-state index in [2.05, 4.69) is 11.7 Å². The van der Waals surface area contributed by atoms with Crippen LogP contribution in [0.15, 0.2) is 24.3 Å². The second kappa shape index (κ2) is 7.37. The molecule has 134 valence electrons. The van der Waals surface area contributed by atoms with E-state index in [0.717, 1.165) is 17.8 Å². The molecule has 4 heteroatoms. The zero-order chi connectivity index (χ0) is 17.2. The van der Waals surface area contributed by atoms with Gasteiger partial charge in [-0.1, -0.05) is 38.3 Å². The Morgan fingerprint density at radius 3 is 2.29 bits per heavy atom. The lowest BCUT2D eigenvalue weighted by atomic mass is 9.63. The highest BCUT2D eigenvalue weighted by Gasteiger charge is 2.36. The molecule has 0 heterocycles. The van der Waals surface area contributed by atoms with E-state index in [0.29, 0.717) is 5.92 Å². The maximum absolute atomic E-state index is 12.2. The molecule has 4 atom stereocenters. The van der Waals surface area contributed by atoms with Gasteiger partial charge in [0.05, 0.1) is 0 Å². The second-order valence-electron chi connectivity index (χ2n) is 7.61. The number of ether oxygens (including phenoxy) is 1. The van der Waals surface area contributed by atoms with Gasteiger partial charge in [-0.3, -0.25) is 0 Å². The molecule has 2 aliphatic rings. The summed E-state index contributed by atoms with van der Waals surface area (Å²) in [7, 11) is 0. The summed E-state index contributed by atoms with van der Waals surface area (Å²) in [5.74, 6) is 2.97. The summed E-state index contributed by atoms with van der Waals surface area (Å²) < 4.78 is 40.7. The number of hydrogen-bond acceptors (Lipinski definition) is 1. The fourth-order valence-corrected chi connectivity index (χ4v) is 4.90. The lowest BCUT2D eigenvalue weighted by molar-refractivity contribution is -0.274. The van der Waals surface area contributed by atoms with Gasteiger partial charge in [0.15, 0.2) is 0 Å². The minimum atomic E-state index is -4.61. The first-order valence-electron chi connectivity index (χ1n) is 9.30. The summed E-state index contributed by atoms with van der Waals surface area (Å²) >= 11 is 0. The molecule has 2 saturated carbocycles. The van der Waals surface area contributed by atoms with Gasteiger partial charge in [0.25, 0.3) is 0 Å². The van der Waals surface area contributed by atoms with Gasteiger partial charge in [0, 0.05) is 0 Å². The van der Waals surface area contributed by atoms with Gasteiger partial charge in [-0.25, -0.2) is 0 Å². The van der Waals surface area contributed by atoms with Crippen LogP contribution in [0.25, 0.3) is 0 Å². The topological polar surface area (TPSA) is 9.23 Å². The molecule has 0 aromatic heterocycles. The molecule has 1 aromatic carbocycles. The summed E-state index contributed by atoms with van der Waals surface area (Å²) in [5, 5.41) is 0. The fraction of sp³-hybridized carbons (Fsp3) is 0.700.